The molecule has 0 aliphatic heterocycles. The summed E-state index contributed by atoms with van der Waals surface area (Å²) in [5.41, 5.74) is 1.13. The molecular weight excluding hydrogens is 364 g/mol. The molecule has 28 heavy (non-hydrogen) atoms. The second-order valence-corrected chi connectivity index (χ2v) is 6.63. The number of nitrogens with one attached hydrogen (secondary N) is 2. The monoisotopic (exact) mass is 384 g/mol. The van der Waals surface area contributed by atoms with Crippen LogP contribution in [-0.4, -0.2) is 33.5 Å². The van der Waals surface area contributed by atoms with E-state index < -0.39 is 12.1 Å². The Kier molecular flexibility index (Phi) is 4.68. The van der Waals surface area contributed by atoms with Gasteiger partial charge in [0.1, 0.15) is 11.8 Å². The highest BCUT2D eigenvalue weighted by Crippen LogP contribution is 2.38. The minimum absolute atomic E-state index is 0.357. The summed E-state index contributed by atoms with van der Waals surface area (Å²) in [6.07, 6.45) is 2.16. The summed E-state index contributed by atoms with van der Waals surface area (Å²) in [4.78, 5) is 16.8. The molecule has 146 valence electrons. The highest BCUT2D eigenvalue weighted by molar-refractivity contribution is 5.92. The normalized spacial score (nSPS) is 14.5. The van der Waals surface area contributed by atoms with E-state index >= 15 is 0 Å². The predicted molar refractivity (Wildman–Crippen MR) is 97.9 cm³/mol. The second-order valence-electron chi connectivity index (χ2n) is 6.63. The Bertz CT molecular complexity index is 994. The number of ether oxygens (including phenoxy) is 1. The Labute approximate surface area is 160 Å². The smallest absolute Gasteiger partial charge is 0.319 e. The number of carbonyl (C=O) groups is 1. The quantitative estimate of drug-likeness (QED) is 0.663. The lowest BCUT2D eigenvalue weighted by molar-refractivity contribution is 0.245. The lowest BCUT2D eigenvalue weighted by atomic mass is 10.2. The van der Waals surface area contributed by atoms with Crippen LogP contribution in [0.4, 0.5) is 10.5 Å². The largest absolute Gasteiger partial charge is 0.495 e. The van der Waals surface area contributed by atoms with E-state index in [2.05, 4.69) is 31.0 Å². The lowest BCUT2D eigenvalue weighted by Gasteiger charge is -2.14. The van der Waals surface area contributed by atoms with E-state index in [-0.39, 0.29) is 0 Å². The first-order valence-electron chi connectivity index (χ1n) is 8.93. The molecule has 1 unspecified atom stereocenters. The molecule has 1 aliphatic carbocycles. The topological polar surface area (TPSA) is 128 Å². The van der Waals surface area contributed by atoms with Gasteiger partial charge < -0.3 is 24.3 Å². The number of nitrogens with zero attached hydrogens (tertiary/aromatic N) is 4. The molecule has 0 radical (unpaired) electrons. The van der Waals surface area contributed by atoms with Crippen molar-refractivity contribution in [1.29, 1.82) is 0 Å². The molecule has 1 atom stereocenters. The number of aromatic nitrogens is 4. The van der Waals surface area contributed by atoms with Crippen molar-refractivity contribution in [2.45, 2.75) is 38.6 Å². The van der Waals surface area contributed by atoms with Gasteiger partial charge in [-0.2, -0.15) is 4.98 Å². The fraction of sp³-hybridized carbons (Fsp3) is 0.389. The zero-order valence-electron chi connectivity index (χ0n) is 15.7. The third kappa shape index (κ3) is 3.80. The molecule has 10 heteroatoms. The zero-order chi connectivity index (χ0) is 19.7. The van der Waals surface area contributed by atoms with Gasteiger partial charge in [0, 0.05) is 18.4 Å². The van der Waals surface area contributed by atoms with Crippen molar-refractivity contribution >= 4 is 11.7 Å². The van der Waals surface area contributed by atoms with Crippen LogP contribution in [0.5, 0.6) is 5.75 Å². The molecule has 10 nitrogen and oxygen atoms in total. The van der Waals surface area contributed by atoms with Crippen LogP contribution in [0.1, 0.15) is 49.3 Å². The van der Waals surface area contributed by atoms with Gasteiger partial charge in [0.2, 0.25) is 17.7 Å². The van der Waals surface area contributed by atoms with E-state index in [9.17, 15) is 4.79 Å². The average molecular weight is 384 g/mol. The summed E-state index contributed by atoms with van der Waals surface area (Å²) in [5, 5.41) is 17.3. The molecule has 1 saturated carbocycles. The molecule has 2 heterocycles. The van der Waals surface area contributed by atoms with Crippen LogP contribution in [0.2, 0.25) is 0 Å². The molecule has 1 aromatic carbocycles. The number of carbonyl (C=O) groups excluding carboxylic acids is 1. The first-order valence-corrected chi connectivity index (χ1v) is 8.93. The fourth-order valence-corrected chi connectivity index (χ4v) is 2.70. The molecule has 4 rings (SSSR count). The summed E-state index contributed by atoms with van der Waals surface area (Å²) in [6, 6.07) is 4.32. The van der Waals surface area contributed by atoms with Gasteiger partial charge in [-0.25, -0.2) is 4.79 Å². The Hall–Kier alpha value is -3.43. The summed E-state index contributed by atoms with van der Waals surface area (Å²) >= 11 is 0. The van der Waals surface area contributed by atoms with Crippen molar-refractivity contribution in [3.63, 3.8) is 0 Å². The van der Waals surface area contributed by atoms with E-state index in [1.165, 1.54) is 7.11 Å². The van der Waals surface area contributed by atoms with E-state index in [0.717, 1.165) is 12.8 Å². The van der Waals surface area contributed by atoms with Gasteiger partial charge in [0.15, 0.2) is 5.82 Å². The van der Waals surface area contributed by atoms with Crippen molar-refractivity contribution in [2.75, 3.05) is 12.4 Å². The summed E-state index contributed by atoms with van der Waals surface area (Å²) in [6.45, 7) is 3.48. The number of amides is 2. The maximum atomic E-state index is 12.5. The van der Waals surface area contributed by atoms with Crippen LogP contribution in [0.15, 0.2) is 27.1 Å². The van der Waals surface area contributed by atoms with Crippen LogP contribution in [0, 0.1) is 6.92 Å². The lowest BCUT2D eigenvalue weighted by Crippen LogP contribution is -2.31. The number of aryl methyl sites for hydroxylation is 1. The first-order chi connectivity index (χ1) is 13.5. The third-order valence-electron chi connectivity index (χ3n) is 4.34. The summed E-state index contributed by atoms with van der Waals surface area (Å²) in [5.74, 6) is 2.77. The van der Waals surface area contributed by atoms with Crippen LogP contribution in [-0.2, 0) is 0 Å². The van der Waals surface area contributed by atoms with Gasteiger partial charge in [-0.3, -0.25) is 0 Å². The molecule has 3 aromatic rings. The van der Waals surface area contributed by atoms with Crippen LogP contribution < -0.4 is 15.4 Å². The second kappa shape index (κ2) is 7.29. The van der Waals surface area contributed by atoms with Crippen molar-refractivity contribution < 1.29 is 18.5 Å². The fourth-order valence-electron chi connectivity index (χ4n) is 2.70. The van der Waals surface area contributed by atoms with E-state index in [4.69, 9.17) is 13.7 Å². The number of urea groups is 1. The molecule has 1 fully saturated rings. The molecule has 0 spiro atoms. The molecule has 0 saturated heterocycles. The maximum Gasteiger partial charge on any atom is 0.319 e. The Morgan fingerprint density at radius 3 is 2.82 bits per heavy atom. The Morgan fingerprint density at radius 1 is 1.32 bits per heavy atom. The summed E-state index contributed by atoms with van der Waals surface area (Å²) in [7, 11) is 1.52. The molecule has 0 bridgehead atoms. The minimum Gasteiger partial charge on any atom is -0.495 e. The van der Waals surface area contributed by atoms with Crippen molar-refractivity contribution in [2.24, 2.45) is 0 Å². The van der Waals surface area contributed by atoms with E-state index in [1.807, 2.05) is 0 Å². The predicted octanol–water partition coefficient (Wildman–Crippen LogP) is 3.20. The van der Waals surface area contributed by atoms with Crippen molar-refractivity contribution in [3.8, 4) is 17.2 Å². The highest BCUT2D eigenvalue weighted by atomic mass is 16.5. The van der Waals surface area contributed by atoms with Crippen molar-refractivity contribution in [1.82, 2.24) is 25.7 Å². The Morgan fingerprint density at radius 2 is 2.14 bits per heavy atom. The van der Waals surface area contributed by atoms with Crippen LogP contribution in [0.25, 0.3) is 11.5 Å². The number of hydrogen-bond acceptors (Lipinski definition) is 8. The maximum absolute atomic E-state index is 12.5. The van der Waals surface area contributed by atoms with Gasteiger partial charge in [-0.15, -0.1) is 10.2 Å². The van der Waals surface area contributed by atoms with Gasteiger partial charge in [0.25, 0.3) is 0 Å². The van der Waals surface area contributed by atoms with Gasteiger partial charge >= 0.3 is 6.03 Å². The molecule has 2 amide bonds. The molecule has 2 aromatic heterocycles. The summed E-state index contributed by atoms with van der Waals surface area (Å²) < 4.78 is 16.0. The standard InChI is InChI=1S/C18H20N6O4/c1-9(16-21-15(24-28-16)11-4-5-11)19-18(25)20-13-8-12(6-7-14(13)26-3)17-23-22-10(2)27-17/h6-9,11H,4-5H2,1-3H3,(H2,19,20,25). The number of rotatable bonds is 6. The van der Waals surface area contributed by atoms with Crippen LogP contribution >= 0.6 is 0 Å². The number of anilines is 1. The van der Waals surface area contributed by atoms with Crippen molar-refractivity contribution in [3.05, 3.63) is 35.8 Å². The molecule has 2 N–H and O–H groups in total. The SMILES string of the molecule is COc1ccc(-c2nnc(C)o2)cc1NC(=O)NC(C)c1nc(C2CC2)no1. The molecule has 1 aliphatic rings. The number of hydrogen-bond donors (Lipinski definition) is 2. The number of methoxy groups -OCH3 is 1. The zero-order valence-corrected chi connectivity index (χ0v) is 15.7. The minimum atomic E-state index is -0.437. The van der Waals surface area contributed by atoms with E-state index in [1.54, 1.807) is 32.0 Å². The highest BCUT2D eigenvalue weighted by Gasteiger charge is 2.29. The molecular formula is C18H20N6O4. The third-order valence-corrected chi connectivity index (χ3v) is 4.34. The average Bonchev–Trinajstić information content (AvgIpc) is 3.23. The van der Waals surface area contributed by atoms with Gasteiger partial charge in [-0.05, 0) is 38.0 Å². The first kappa shape index (κ1) is 18.0. The van der Waals surface area contributed by atoms with Gasteiger partial charge in [0.05, 0.1) is 12.8 Å². The number of benzene rings is 1. The van der Waals surface area contributed by atoms with E-state index in [0.29, 0.717) is 46.4 Å². The van der Waals surface area contributed by atoms with Crippen LogP contribution in [0.3, 0.4) is 0 Å². The Balaban J connectivity index is 1.46. The van der Waals surface area contributed by atoms with Gasteiger partial charge in [-0.1, -0.05) is 5.16 Å².